The first-order chi connectivity index (χ1) is 19.8. The van der Waals surface area contributed by atoms with Crippen molar-refractivity contribution in [2.24, 2.45) is 4.99 Å². The van der Waals surface area contributed by atoms with Gasteiger partial charge in [0.25, 0.3) is 5.56 Å². The molecule has 0 N–H and O–H groups in total. The first-order valence-electron chi connectivity index (χ1n) is 13.4. The van der Waals surface area contributed by atoms with Crippen molar-refractivity contribution in [2.75, 3.05) is 0 Å². The minimum atomic E-state index is -0.757. The molecule has 8 heteroatoms. The second-order valence-electron chi connectivity index (χ2n) is 10.3. The van der Waals surface area contributed by atoms with Crippen molar-refractivity contribution in [3.63, 3.8) is 0 Å². The van der Waals surface area contributed by atoms with Gasteiger partial charge in [-0.25, -0.2) is 9.79 Å². The van der Waals surface area contributed by atoms with Crippen LogP contribution in [0.4, 0.5) is 0 Å². The van der Waals surface area contributed by atoms with Crippen LogP contribution >= 0.6 is 22.9 Å². The largest absolute Gasteiger partial charge is 0.459 e. The van der Waals surface area contributed by atoms with E-state index in [9.17, 15) is 9.59 Å². The van der Waals surface area contributed by atoms with Crippen LogP contribution < -0.4 is 14.9 Å². The molecule has 2 aromatic heterocycles. The number of allylic oxidation sites excluding steroid dienone is 1. The van der Waals surface area contributed by atoms with Crippen LogP contribution in [-0.4, -0.2) is 21.2 Å². The number of nitrogens with zero attached hydrogens (tertiary/aromatic N) is 3. The van der Waals surface area contributed by atoms with Gasteiger partial charge < -0.3 is 9.30 Å². The Hall–Kier alpha value is -4.20. The van der Waals surface area contributed by atoms with Crippen LogP contribution in [0.2, 0.25) is 5.02 Å². The summed E-state index contributed by atoms with van der Waals surface area (Å²) in [5, 5.41) is 1.51. The highest BCUT2D eigenvalue weighted by Crippen LogP contribution is 2.34. The van der Waals surface area contributed by atoms with Gasteiger partial charge in [-0.15, -0.1) is 0 Å². The minimum absolute atomic E-state index is 0.235. The predicted molar refractivity (Wildman–Crippen MR) is 164 cm³/mol. The lowest BCUT2D eigenvalue weighted by Gasteiger charge is -2.26. The van der Waals surface area contributed by atoms with Gasteiger partial charge in [0, 0.05) is 34.2 Å². The Morgan fingerprint density at radius 1 is 1.05 bits per heavy atom. The Kier molecular flexibility index (Phi) is 7.24. The molecule has 6 nitrogen and oxygen atoms in total. The Morgan fingerprint density at radius 3 is 2.51 bits per heavy atom. The molecule has 1 unspecified atom stereocenters. The summed E-state index contributed by atoms with van der Waals surface area (Å²) in [5.74, 6) is -0.510. The van der Waals surface area contributed by atoms with E-state index in [4.69, 9.17) is 21.3 Å². The normalized spacial score (nSPS) is 15.3. The van der Waals surface area contributed by atoms with Gasteiger partial charge >= 0.3 is 5.97 Å². The maximum absolute atomic E-state index is 14.1. The summed E-state index contributed by atoms with van der Waals surface area (Å²) in [6, 6.07) is 25.0. The van der Waals surface area contributed by atoms with Crippen LogP contribution in [-0.2, 0) is 16.1 Å². The van der Waals surface area contributed by atoms with E-state index in [1.807, 2.05) is 54.6 Å². The number of thiazole rings is 1. The number of aromatic nitrogens is 2. The number of ether oxygens (including phenoxy) is 1. The van der Waals surface area contributed by atoms with E-state index >= 15 is 0 Å². The maximum atomic E-state index is 14.1. The summed E-state index contributed by atoms with van der Waals surface area (Å²) in [4.78, 5) is 32.6. The fourth-order valence-corrected chi connectivity index (χ4v) is 6.57. The van der Waals surface area contributed by atoms with E-state index in [0.717, 1.165) is 16.5 Å². The smallest absolute Gasteiger partial charge is 0.338 e. The highest BCUT2D eigenvalue weighted by molar-refractivity contribution is 7.07. The number of hydrogen-bond donors (Lipinski definition) is 0. The van der Waals surface area contributed by atoms with E-state index in [0.29, 0.717) is 37.7 Å². The first kappa shape index (κ1) is 27.0. The van der Waals surface area contributed by atoms with Crippen molar-refractivity contribution < 1.29 is 9.53 Å². The van der Waals surface area contributed by atoms with Crippen molar-refractivity contribution >= 4 is 45.9 Å². The number of hydrogen-bond acceptors (Lipinski definition) is 5. The third kappa shape index (κ3) is 5.07. The molecule has 0 radical (unpaired) electrons. The van der Waals surface area contributed by atoms with Gasteiger partial charge in [0.1, 0.15) is 6.04 Å². The van der Waals surface area contributed by atoms with Gasteiger partial charge in [0.2, 0.25) is 0 Å². The maximum Gasteiger partial charge on any atom is 0.338 e. The molecule has 206 valence electrons. The lowest BCUT2D eigenvalue weighted by molar-refractivity contribution is -0.143. The van der Waals surface area contributed by atoms with Crippen molar-refractivity contribution in [2.45, 2.75) is 39.5 Å². The van der Waals surface area contributed by atoms with Gasteiger partial charge in [-0.3, -0.25) is 9.36 Å². The zero-order valence-corrected chi connectivity index (χ0v) is 24.4. The molecular formula is C33H28ClN3O3S. The molecule has 41 heavy (non-hydrogen) atoms. The standard InChI is InChI=1S/C33H28ClN3O3S/c1-20(2)40-32(39)29-21(3)35-33-37(30(29)25-14-7-9-15-26(25)34)31(38)28(41-33)17-23-19-36(18-22-11-5-4-6-12-22)27-16-10-8-13-24(23)27/h4-17,19-20,30H,18H2,1-3H3. The molecule has 3 heterocycles. The van der Waals surface area contributed by atoms with E-state index in [1.165, 1.54) is 16.9 Å². The van der Waals surface area contributed by atoms with Crippen LogP contribution in [0.15, 0.2) is 106 Å². The quantitative estimate of drug-likeness (QED) is 0.237. The molecule has 0 saturated carbocycles. The third-order valence-electron chi connectivity index (χ3n) is 7.09. The molecule has 6 rings (SSSR count). The number of esters is 1. The predicted octanol–water partition coefficient (Wildman–Crippen LogP) is 5.84. The molecule has 0 spiro atoms. The SMILES string of the molecule is CC1=C(C(=O)OC(C)C)C(c2ccccc2Cl)n2c(sc(=Cc3cn(Cc4ccccc4)c4ccccc34)c2=O)=N1. The van der Waals surface area contributed by atoms with Crippen molar-refractivity contribution in [1.29, 1.82) is 0 Å². The molecule has 1 aliphatic heterocycles. The molecule has 0 aliphatic carbocycles. The number of fused-ring (bicyclic) bond motifs is 2. The number of halogens is 1. The number of carbonyl (C=O) groups excluding carboxylic acids is 1. The lowest BCUT2D eigenvalue weighted by atomic mass is 9.96. The van der Waals surface area contributed by atoms with Crippen LogP contribution in [0.3, 0.4) is 0 Å². The molecule has 3 aromatic carbocycles. The molecular weight excluding hydrogens is 554 g/mol. The van der Waals surface area contributed by atoms with Crippen LogP contribution in [0.5, 0.6) is 0 Å². The monoisotopic (exact) mass is 581 g/mol. The number of rotatable bonds is 6. The molecule has 0 amide bonds. The van der Waals surface area contributed by atoms with E-state index in [1.54, 1.807) is 31.4 Å². The fraction of sp³-hybridized carbons (Fsp3) is 0.182. The van der Waals surface area contributed by atoms with Gasteiger partial charge in [0.05, 0.1) is 21.9 Å². The van der Waals surface area contributed by atoms with Crippen LogP contribution in [0.25, 0.3) is 17.0 Å². The summed E-state index contributed by atoms with van der Waals surface area (Å²) in [6.45, 7) is 6.07. The fourth-order valence-electron chi connectivity index (χ4n) is 5.29. The van der Waals surface area contributed by atoms with E-state index in [2.05, 4.69) is 35.0 Å². The molecule has 5 aromatic rings. The van der Waals surface area contributed by atoms with Crippen molar-refractivity contribution in [3.8, 4) is 0 Å². The number of carbonyl (C=O) groups is 1. The summed E-state index contributed by atoms with van der Waals surface area (Å²) in [7, 11) is 0. The Labute approximate surface area is 246 Å². The zero-order valence-electron chi connectivity index (χ0n) is 22.9. The van der Waals surface area contributed by atoms with Crippen LogP contribution in [0, 0.1) is 0 Å². The third-order valence-corrected chi connectivity index (χ3v) is 8.41. The lowest BCUT2D eigenvalue weighted by Crippen LogP contribution is -2.40. The zero-order chi connectivity index (χ0) is 28.7. The van der Waals surface area contributed by atoms with Crippen LogP contribution in [0.1, 0.15) is 43.5 Å². The second-order valence-corrected chi connectivity index (χ2v) is 11.7. The molecule has 1 atom stereocenters. The molecule has 0 fully saturated rings. The van der Waals surface area contributed by atoms with Gasteiger partial charge in [-0.05, 0) is 50.1 Å². The topological polar surface area (TPSA) is 65.6 Å². The van der Waals surface area contributed by atoms with E-state index < -0.39 is 12.0 Å². The van der Waals surface area contributed by atoms with Gasteiger partial charge in [-0.1, -0.05) is 89.7 Å². The minimum Gasteiger partial charge on any atom is -0.459 e. The average molecular weight is 582 g/mol. The Bertz CT molecular complexity index is 2000. The summed E-state index contributed by atoms with van der Waals surface area (Å²) in [5.41, 5.74) is 4.44. The highest BCUT2D eigenvalue weighted by atomic mass is 35.5. The summed E-state index contributed by atoms with van der Waals surface area (Å²) < 4.78 is 9.88. The Balaban J connectivity index is 1.53. The summed E-state index contributed by atoms with van der Waals surface area (Å²) >= 11 is 7.95. The number of para-hydroxylation sites is 1. The average Bonchev–Trinajstić information content (AvgIpc) is 3.45. The Morgan fingerprint density at radius 2 is 1.76 bits per heavy atom. The first-order valence-corrected chi connectivity index (χ1v) is 14.6. The molecule has 1 aliphatic rings. The van der Waals surface area contributed by atoms with Gasteiger partial charge in [-0.2, -0.15) is 0 Å². The summed E-state index contributed by atoms with van der Waals surface area (Å²) in [6.07, 6.45) is 3.67. The van der Waals surface area contributed by atoms with E-state index in [-0.39, 0.29) is 11.7 Å². The molecule has 0 saturated heterocycles. The van der Waals surface area contributed by atoms with Crippen molar-refractivity contribution in [1.82, 2.24) is 9.13 Å². The second kappa shape index (κ2) is 11.0. The van der Waals surface area contributed by atoms with Crippen molar-refractivity contribution in [3.05, 3.63) is 138 Å². The highest BCUT2D eigenvalue weighted by Gasteiger charge is 2.34. The molecule has 0 bridgehead atoms. The van der Waals surface area contributed by atoms with Gasteiger partial charge in [0.15, 0.2) is 4.80 Å². The number of benzene rings is 3.